The highest BCUT2D eigenvalue weighted by atomic mass is 19.4. The van der Waals surface area contributed by atoms with E-state index in [4.69, 9.17) is 4.74 Å². The van der Waals surface area contributed by atoms with Gasteiger partial charge in [0.05, 0.1) is 29.7 Å². The van der Waals surface area contributed by atoms with E-state index in [1.807, 2.05) is 20.8 Å². The van der Waals surface area contributed by atoms with Crippen LogP contribution in [-0.4, -0.2) is 59.0 Å². The fourth-order valence-electron chi connectivity index (χ4n) is 3.89. The lowest BCUT2D eigenvalue weighted by Gasteiger charge is -2.35. The van der Waals surface area contributed by atoms with E-state index >= 15 is 0 Å². The van der Waals surface area contributed by atoms with Crippen LogP contribution >= 0.6 is 0 Å². The highest BCUT2D eigenvalue weighted by molar-refractivity contribution is 5.95. The molecule has 0 spiro atoms. The molecule has 1 aliphatic rings. The smallest absolute Gasteiger partial charge is 0.373 e. The quantitative estimate of drug-likeness (QED) is 0.668. The number of morpholine rings is 1. The Morgan fingerprint density at radius 2 is 1.81 bits per heavy atom. The van der Waals surface area contributed by atoms with Crippen LogP contribution in [0.1, 0.15) is 48.3 Å². The maximum atomic E-state index is 13.7. The lowest BCUT2D eigenvalue weighted by molar-refractivity contribution is -0.143. The molecule has 2 heterocycles. The number of halogens is 3. The van der Waals surface area contributed by atoms with E-state index in [0.717, 1.165) is 42.5 Å². The van der Waals surface area contributed by atoms with Gasteiger partial charge in [-0.05, 0) is 52.3 Å². The van der Waals surface area contributed by atoms with Gasteiger partial charge in [0.15, 0.2) is 5.69 Å². The molecule has 1 fully saturated rings. The number of amides is 1. The summed E-state index contributed by atoms with van der Waals surface area (Å²) in [6, 6.07) is 6.50. The summed E-state index contributed by atoms with van der Waals surface area (Å²) in [6.07, 6.45) is -1.83. The van der Waals surface area contributed by atoms with Crippen molar-refractivity contribution in [3.63, 3.8) is 0 Å². The fraction of sp³-hybridized carbons (Fsp3) is 0.545. The third kappa shape index (κ3) is 6.07. The fourth-order valence-corrected chi connectivity index (χ4v) is 3.89. The predicted octanol–water partition coefficient (Wildman–Crippen LogP) is 3.82. The molecular formula is C22H29F3N4O2. The summed E-state index contributed by atoms with van der Waals surface area (Å²) < 4.78 is 47.6. The summed E-state index contributed by atoms with van der Waals surface area (Å²) >= 11 is 0. The Kier molecular flexibility index (Phi) is 7.38. The number of aryl methyl sites for hydroxylation is 1. The first-order valence-electron chi connectivity index (χ1n) is 10.5. The first-order chi connectivity index (χ1) is 14.6. The number of hydrogen-bond acceptors (Lipinski definition) is 4. The first-order valence-corrected chi connectivity index (χ1v) is 10.5. The van der Waals surface area contributed by atoms with E-state index < -0.39 is 23.3 Å². The first kappa shape index (κ1) is 23.3. The Morgan fingerprint density at radius 3 is 2.42 bits per heavy atom. The molecule has 0 radical (unpaired) electrons. The maximum Gasteiger partial charge on any atom is 0.434 e. The number of nitrogens with zero attached hydrogens (tertiary/aromatic N) is 3. The van der Waals surface area contributed by atoms with Gasteiger partial charge < -0.3 is 10.1 Å². The summed E-state index contributed by atoms with van der Waals surface area (Å²) in [5.74, 6) is -0.765. The van der Waals surface area contributed by atoms with Crippen LogP contribution < -0.4 is 5.32 Å². The second kappa shape index (κ2) is 9.82. The monoisotopic (exact) mass is 438 g/mol. The van der Waals surface area contributed by atoms with Gasteiger partial charge in [0.25, 0.3) is 5.91 Å². The highest BCUT2D eigenvalue weighted by Crippen LogP contribution is 2.33. The van der Waals surface area contributed by atoms with E-state index in [-0.39, 0.29) is 17.9 Å². The highest BCUT2D eigenvalue weighted by Gasteiger charge is 2.40. The van der Waals surface area contributed by atoms with E-state index in [1.165, 1.54) is 0 Å². The number of benzene rings is 1. The molecule has 1 amide bonds. The summed E-state index contributed by atoms with van der Waals surface area (Å²) in [5, 5.41) is 6.45. The number of carbonyl (C=O) groups excluding carboxylic acids is 1. The van der Waals surface area contributed by atoms with E-state index in [9.17, 15) is 18.0 Å². The molecule has 0 unspecified atom stereocenters. The molecule has 1 aromatic carbocycles. The van der Waals surface area contributed by atoms with Crippen molar-refractivity contribution in [2.45, 2.75) is 52.0 Å². The molecule has 6 nitrogen and oxygen atoms in total. The van der Waals surface area contributed by atoms with Gasteiger partial charge in [0.1, 0.15) is 0 Å². The van der Waals surface area contributed by atoms with Crippen molar-refractivity contribution in [2.75, 3.05) is 26.2 Å². The van der Waals surface area contributed by atoms with Crippen molar-refractivity contribution in [3.8, 4) is 5.69 Å². The van der Waals surface area contributed by atoms with Crippen LogP contribution in [0.2, 0.25) is 0 Å². The lowest BCUT2D eigenvalue weighted by Crippen LogP contribution is -2.45. The third-order valence-electron chi connectivity index (χ3n) is 5.24. The molecular weight excluding hydrogens is 409 g/mol. The second-order valence-electron chi connectivity index (χ2n) is 8.13. The molecule has 1 N–H and O–H groups in total. The van der Waals surface area contributed by atoms with Gasteiger partial charge in [0.2, 0.25) is 0 Å². The normalized spacial score (nSPS) is 20.1. The molecule has 1 aromatic heterocycles. The average Bonchev–Trinajstić information content (AvgIpc) is 3.13. The Labute approximate surface area is 180 Å². The molecule has 0 saturated carbocycles. The van der Waals surface area contributed by atoms with Gasteiger partial charge in [-0.25, -0.2) is 4.68 Å². The summed E-state index contributed by atoms with van der Waals surface area (Å²) in [6.45, 7) is 8.83. The number of ether oxygens (including phenoxy) is 1. The molecule has 3 rings (SSSR count). The summed E-state index contributed by atoms with van der Waals surface area (Å²) in [5.41, 5.74) is -0.358. The minimum atomic E-state index is -4.71. The lowest BCUT2D eigenvalue weighted by atomic mass is 10.2. The van der Waals surface area contributed by atoms with Crippen molar-refractivity contribution in [3.05, 3.63) is 47.3 Å². The van der Waals surface area contributed by atoms with Crippen molar-refractivity contribution < 1.29 is 22.7 Å². The number of aromatic nitrogens is 2. The number of rotatable bonds is 7. The third-order valence-corrected chi connectivity index (χ3v) is 5.24. The molecule has 31 heavy (non-hydrogen) atoms. The zero-order valence-electron chi connectivity index (χ0n) is 18.1. The minimum absolute atomic E-state index is 0.189. The standard InChI is InChI=1S/C22H29F3N4O2/c1-15-6-8-18(9-7-15)29-20(22(23,24)25)19(12-27-29)21(30)26-10-4-5-11-28-13-16(2)31-17(3)14-28/h6-9,12,16-17H,4-5,10-11,13-14H2,1-3H3,(H,26,30)/t16-,17-/m0/s1. The van der Waals surface area contributed by atoms with E-state index in [2.05, 4.69) is 15.3 Å². The van der Waals surface area contributed by atoms with Gasteiger partial charge in [0, 0.05) is 19.6 Å². The van der Waals surface area contributed by atoms with Crippen molar-refractivity contribution in [2.24, 2.45) is 0 Å². The molecule has 1 saturated heterocycles. The maximum absolute atomic E-state index is 13.7. The van der Waals surface area contributed by atoms with Gasteiger partial charge in [-0.3, -0.25) is 9.69 Å². The molecule has 170 valence electrons. The Bertz CT molecular complexity index is 870. The Balaban J connectivity index is 1.58. The van der Waals surface area contributed by atoms with Crippen LogP contribution in [-0.2, 0) is 10.9 Å². The second-order valence-corrected chi connectivity index (χ2v) is 8.13. The minimum Gasteiger partial charge on any atom is -0.373 e. The number of nitrogens with one attached hydrogen (secondary N) is 1. The SMILES string of the molecule is Cc1ccc(-n2ncc(C(=O)NCCCCN3C[C@H](C)O[C@@H](C)C3)c2C(F)(F)F)cc1. The van der Waals surface area contributed by atoms with Gasteiger partial charge in [-0.2, -0.15) is 18.3 Å². The van der Waals surface area contributed by atoms with Crippen LogP contribution in [0.15, 0.2) is 30.5 Å². The molecule has 1 aliphatic heterocycles. The van der Waals surface area contributed by atoms with Crippen molar-refractivity contribution >= 4 is 5.91 Å². The van der Waals surface area contributed by atoms with Crippen molar-refractivity contribution in [1.82, 2.24) is 20.0 Å². The van der Waals surface area contributed by atoms with Crippen molar-refractivity contribution in [1.29, 1.82) is 0 Å². The van der Waals surface area contributed by atoms with E-state index in [1.54, 1.807) is 24.3 Å². The Morgan fingerprint density at radius 1 is 1.16 bits per heavy atom. The molecule has 2 aromatic rings. The van der Waals surface area contributed by atoms with Crippen LogP contribution in [0.4, 0.5) is 13.2 Å². The molecule has 0 bridgehead atoms. The Hall–Kier alpha value is -2.39. The summed E-state index contributed by atoms with van der Waals surface area (Å²) in [4.78, 5) is 14.8. The van der Waals surface area contributed by atoms with Gasteiger partial charge in [-0.1, -0.05) is 17.7 Å². The average molecular weight is 438 g/mol. The van der Waals surface area contributed by atoms with Crippen LogP contribution in [0, 0.1) is 6.92 Å². The molecule has 9 heteroatoms. The number of carbonyl (C=O) groups is 1. The topological polar surface area (TPSA) is 59.4 Å². The summed E-state index contributed by atoms with van der Waals surface area (Å²) in [7, 11) is 0. The molecule has 2 atom stereocenters. The zero-order chi connectivity index (χ0) is 22.6. The largest absolute Gasteiger partial charge is 0.434 e. The van der Waals surface area contributed by atoms with Crippen LogP contribution in [0.3, 0.4) is 0 Å². The number of unbranched alkanes of at least 4 members (excludes halogenated alkanes) is 1. The number of hydrogen-bond donors (Lipinski definition) is 1. The van der Waals surface area contributed by atoms with Gasteiger partial charge >= 0.3 is 6.18 Å². The predicted molar refractivity (Wildman–Crippen MR) is 111 cm³/mol. The van der Waals surface area contributed by atoms with Gasteiger partial charge in [-0.15, -0.1) is 0 Å². The zero-order valence-corrected chi connectivity index (χ0v) is 18.1. The van der Waals surface area contributed by atoms with E-state index in [0.29, 0.717) is 13.0 Å². The van der Waals surface area contributed by atoms with Crippen LogP contribution in [0.25, 0.3) is 5.69 Å². The number of alkyl halides is 3. The van der Waals surface area contributed by atoms with Crippen LogP contribution in [0.5, 0.6) is 0 Å². The molecule has 0 aliphatic carbocycles.